The molecule has 8 heteroatoms. The minimum absolute atomic E-state index is 0.00678. The molecule has 0 spiro atoms. The van der Waals surface area contributed by atoms with Crippen molar-refractivity contribution < 1.29 is 19.1 Å². The molecule has 0 fully saturated rings. The molecular formula is C18H14Cl2N2O4. The molecule has 1 atom stereocenters. The van der Waals surface area contributed by atoms with Crippen molar-refractivity contribution in [3.63, 3.8) is 0 Å². The Bertz CT molecular complexity index is 943. The molecule has 26 heavy (non-hydrogen) atoms. The number of amides is 1. The van der Waals surface area contributed by atoms with E-state index in [2.05, 4.69) is 5.32 Å². The number of Topliss-reactive ketones (excluding diaryl/α,β-unsaturated/α-hetero) is 1. The van der Waals surface area contributed by atoms with Crippen LogP contribution in [-0.2, 0) is 9.53 Å². The second-order valence-electron chi connectivity index (χ2n) is 5.86. The molecule has 1 amide bonds. The predicted octanol–water partition coefficient (Wildman–Crippen LogP) is 3.67. The van der Waals surface area contributed by atoms with E-state index in [1.807, 2.05) is 0 Å². The van der Waals surface area contributed by atoms with Gasteiger partial charge >= 0.3 is 5.97 Å². The van der Waals surface area contributed by atoms with Crippen LogP contribution in [0.4, 0.5) is 11.4 Å². The van der Waals surface area contributed by atoms with E-state index in [4.69, 9.17) is 33.7 Å². The lowest BCUT2D eigenvalue weighted by atomic mass is 9.99. The van der Waals surface area contributed by atoms with Gasteiger partial charge in [0.1, 0.15) is 0 Å². The van der Waals surface area contributed by atoms with E-state index in [1.165, 1.54) is 12.1 Å². The van der Waals surface area contributed by atoms with Crippen molar-refractivity contribution >= 4 is 52.2 Å². The summed E-state index contributed by atoms with van der Waals surface area (Å²) < 4.78 is 5.03. The number of hydrogen-bond donors (Lipinski definition) is 2. The zero-order valence-corrected chi connectivity index (χ0v) is 15.1. The topological polar surface area (TPSA) is 98.5 Å². The first-order valence-electron chi connectivity index (χ1n) is 7.67. The zero-order chi connectivity index (χ0) is 19.0. The molecule has 3 rings (SSSR count). The summed E-state index contributed by atoms with van der Waals surface area (Å²) in [5.41, 5.74) is 7.53. The van der Waals surface area contributed by atoms with E-state index in [0.29, 0.717) is 11.3 Å². The van der Waals surface area contributed by atoms with Gasteiger partial charge in [-0.05, 0) is 42.8 Å². The highest BCUT2D eigenvalue weighted by molar-refractivity contribution is 6.37. The minimum atomic E-state index is -0.799. The maximum atomic E-state index is 12.3. The third-order valence-corrected chi connectivity index (χ3v) is 4.67. The molecule has 1 aliphatic rings. The van der Waals surface area contributed by atoms with Crippen LogP contribution in [-0.4, -0.2) is 24.3 Å². The van der Waals surface area contributed by atoms with Crippen LogP contribution in [0.3, 0.4) is 0 Å². The molecule has 2 aromatic rings. The fraction of sp³-hybridized carbons (Fsp3) is 0.167. The lowest BCUT2D eigenvalue weighted by molar-refractivity contribution is -0.116. The molecular weight excluding hydrogens is 379 g/mol. The van der Waals surface area contributed by atoms with Crippen molar-refractivity contribution in [2.45, 2.75) is 12.8 Å². The molecule has 0 aromatic heterocycles. The predicted molar refractivity (Wildman–Crippen MR) is 99.0 cm³/mol. The number of nitrogens with one attached hydrogen (secondary N) is 1. The Kier molecular flexibility index (Phi) is 4.89. The van der Waals surface area contributed by atoms with E-state index in [-0.39, 0.29) is 33.1 Å². The first-order chi connectivity index (χ1) is 12.3. The number of halogens is 2. The van der Waals surface area contributed by atoms with Crippen LogP contribution in [0.15, 0.2) is 30.3 Å². The first-order valence-corrected chi connectivity index (χ1v) is 8.43. The second-order valence-corrected chi connectivity index (χ2v) is 6.70. The number of carbonyl (C=O) groups is 3. The van der Waals surface area contributed by atoms with Crippen molar-refractivity contribution in [2.24, 2.45) is 0 Å². The van der Waals surface area contributed by atoms with E-state index in [1.54, 1.807) is 25.1 Å². The summed E-state index contributed by atoms with van der Waals surface area (Å²) in [5, 5.41) is 3.08. The standard InChI is InChI=1S/C18H14Cl2N2O4/c1-8-11-4-9(2-3-14(11)22-17(8)24)15(23)7-26-18(25)12-5-10(19)6-13(20)16(12)21/h2-6,8H,7,21H2,1H3,(H,22,24)/t8-/m0/s1. The normalized spacial score (nSPS) is 15.3. The number of rotatable bonds is 4. The van der Waals surface area contributed by atoms with Crippen molar-refractivity contribution in [1.29, 1.82) is 0 Å². The van der Waals surface area contributed by atoms with Crippen LogP contribution in [0.5, 0.6) is 0 Å². The van der Waals surface area contributed by atoms with Gasteiger partial charge in [0.15, 0.2) is 12.4 Å². The third kappa shape index (κ3) is 3.38. The number of nitrogens with two attached hydrogens (primary N) is 1. The van der Waals surface area contributed by atoms with Crippen molar-refractivity contribution in [3.8, 4) is 0 Å². The Morgan fingerprint density at radius 1 is 1.23 bits per heavy atom. The molecule has 0 saturated heterocycles. The number of ketones is 1. The fourth-order valence-electron chi connectivity index (χ4n) is 2.64. The summed E-state index contributed by atoms with van der Waals surface area (Å²) in [5.74, 6) is -1.66. The van der Waals surface area contributed by atoms with Crippen molar-refractivity contribution in [2.75, 3.05) is 17.7 Å². The number of nitrogen functional groups attached to an aromatic ring is 1. The maximum absolute atomic E-state index is 12.3. The third-order valence-electron chi connectivity index (χ3n) is 4.14. The fourth-order valence-corrected chi connectivity index (χ4v) is 3.13. The molecule has 2 aromatic carbocycles. The molecule has 3 N–H and O–H groups in total. The average Bonchev–Trinajstić information content (AvgIpc) is 2.89. The number of carbonyl (C=O) groups excluding carboxylic acids is 3. The Labute approximate surface area is 159 Å². The molecule has 0 aliphatic carbocycles. The van der Waals surface area contributed by atoms with Crippen molar-refractivity contribution in [1.82, 2.24) is 0 Å². The van der Waals surface area contributed by atoms with Gasteiger partial charge < -0.3 is 15.8 Å². The number of fused-ring (bicyclic) bond motifs is 1. The van der Waals surface area contributed by atoms with Crippen LogP contribution in [0.1, 0.15) is 39.1 Å². The lowest BCUT2D eigenvalue weighted by Crippen LogP contribution is -2.16. The summed E-state index contributed by atoms with van der Waals surface area (Å²) in [6, 6.07) is 7.57. The van der Waals surface area contributed by atoms with Gasteiger partial charge in [0.25, 0.3) is 0 Å². The number of ether oxygens (including phenoxy) is 1. The van der Waals surface area contributed by atoms with E-state index in [0.717, 1.165) is 5.56 Å². The van der Waals surface area contributed by atoms with Gasteiger partial charge in [0.05, 0.1) is 22.2 Å². The molecule has 0 saturated carbocycles. The van der Waals surface area contributed by atoms with Gasteiger partial charge in [-0.1, -0.05) is 23.2 Å². The SMILES string of the molecule is C[C@@H]1C(=O)Nc2ccc(C(=O)COC(=O)c3cc(Cl)cc(Cl)c3N)cc21. The maximum Gasteiger partial charge on any atom is 0.340 e. The average molecular weight is 393 g/mol. The summed E-state index contributed by atoms with van der Waals surface area (Å²) >= 11 is 11.7. The molecule has 1 aliphatic heterocycles. The molecule has 0 bridgehead atoms. The van der Waals surface area contributed by atoms with Crippen LogP contribution in [0, 0.1) is 0 Å². The van der Waals surface area contributed by atoms with Gasteiger partial charge in [-0.2, -0.15) is 0 Å². The quantitative estimate of drug-likeness (QED) is 0.469. The number of benzene rings is 2. The Balaban J connectivity index is 1.72. The minimum Gasteiger partial charge on any atom is -0.454 e. The summed E-state index contributed by atoms with van der Waals surface area (Å²) in [6.45, 7) is 1.28. The van der Waals surface area contributed by atoms with Crippen LogP contribution in [0.2, 0.25) is 10.0 Å². The smallest absolute Gasteiger partial charge is 0.340 e. The van der Waals surface area contributed by atoms with Crippen LogP contribution >= 0.6 is 23.2 Å². The van der Waals surface area contributed by atoms with E-state index in [9.17, 15) is 14.4 Å². The Hall–Kier alpha value is -2.57. The number of anilines is 2. The van der Waals surface area contributed by atoms with Crippen LogP contribution < -0.4 is 11.1 Å². The van der Waals surface area contributed by atoms with Crippen molar-refractivity contribution in [3.05, 3.63) is 57.1 Å². The van der Waals surface area contributed by atoms with Gasteiger partial charge in [-0.3, -0.25) is 9.59 Å². The lowest BCUT2D eigenvalue weighted by Gasteiger charge is -2.09. The molecule has 134 valence electrons. The van der Waals surface area contributed by atoms with Gasteiger partial charge in [0, 0.05) is 16.3 Å². The highest BCUT2D eigenvalue weighted by atomic mass is 35.5. The first kappa shape index (κ1) is 18.2. The van der Waals surface area contributed by atoms with E-state index < -0.39 is 18.4 Å². The zero-order valence-electron chi connectivity index (χ0n) is 13.6. The van der Waals surface area contributed by atoms with E-state index >= 15 is 0 Å². The molecule has 0 unspecified atom stereocenters. The number of esters is 1. The Morgan fingerprint density at radius 2 is 1.96 bits per heavy atom. The highest BCUT2D eigenvalue weighted by Gasteiger charge is 2.27. The molecule has 1 heterocycles. The summed E-state index contributed by atoms with van der Waals surface area (Å²) in [4.78, 5) is 36.2. The summed E-state index contributed by atoms with van der Waals surface area (Å²) in [7, 11) is 0. The van der Waals surface area contributed by atoms with Gasteiger partial charge in [-0.25, -0.2) is 4.79 Å². The summed E-state index contributed by atoms with van der Waals surface area (Å²) in [6.07, 6.45) is 0. The molecule has 0 radical (unpaired) electrons. The Morgan fingerprint density at radius 3 is 2.69 bits per heavy atom. The van der Waals surface area contributed by atoms with Gasteiger partial charge in [0.2, 0.25) is 5.91 Å². The van der Waals surface area contributed by atoms with Gasteiger partial charge in [-0.15, -0.1) is 0 Å². The monoisotopic (exact) mass is 392 g/mol. The second kappa shape index (κ2) is 6.97. The molecule has 6 nitrogen and oxygen atoms in total. The highest BCUT2D eigenvalue weighted by Crippen LogP contribution is 2.33. The largest absolute Gasteiger partial charge is 0.454 e. The number of hydrogen-bond acceptors (Lipinski definition) is 5. The van der Waals surface area contributed by atoms with Crippen LogP contribution in [0.25, 0.3) is 0 Å².